The molecule has 0 aliphatic carbocycles. The first-order valence-corrected chi connectivity index (χ1v) is 21.7. The maximum absolute atomic E-state index is 15.8. The van der Waals surface area contributed by atoms with Gasteiger partial charge in [-0.1, -0.05) is 30.3 Å². The van der Waals surface area contributed by atoms with E-state index in [2.05, 4.69) is 37.4 Å². The molecule has 3 aromatic carbocycles. The Morgan fingerprint density at radius 1 is 0.919 bits per heavy atom. The molecule has 0 saturated carbocycles. The number of halogens is 2. The van der Waals surface area contributed by atoms with Gasteiger partial charge in [-0.05, 0) is 80.3 Å². The number of nitrogens with zero attached hydrogens (tertiary/aromatic N) is 7. The number of likely N-dealkylation sites (N-methyl/N-ethyl adjacent to an activating group) is 1. The highest BCUT2D eigenvalue weighted by Crippen LogP contribution is 2.42. The molecule has 5 aliphatic rings. The molecule has 4 aromatic rings. The molecule has 62 heavy (non-hydrogen) atoms. The molecular formula is C46H53F2N9O5. The Morgan fingerprint density at radius 3 is 2.42 bits per heavy atom. The van der Waals surface area contributed by atoms with Crippen LogP contribution in [0.4, 0.5) is 31.7 Å². The number of aromatic nitrogens is 2. The summed E-state index contributed by atoms with van der Waals surface area (Å²) in [5.74, 6) is -3.65. The number of nitrogens with one attached hydrogen (secondary N) is 1. The van der Waals surface area contributed by atoms with Crippen LogP contribution in [0.2, 0.25) is 0 Å². The fourth-order valence-corrected chi connectivity index (χ4v) is 10.2. The largest absolute Gasteiger partial charge is 0.507 e. The monoisotopic (exact) mass is 849 g/mol. The number of ether oxygens (including phenoxy) is 1. The Kier molecular flexibility index (Phi) is 11.4. The number of carbonyl (C=O) groups excluding carboxylic acids is 3. The molecule has 0 radical (unpaired) electrons. The number of piperidine rings is 3. The van der Waals surface area contributed by atoms with Crippen LogP contribution in [0.25, 0.3) is 11.3 Å². The summed E-state index contributed by atoms with van der Waals surface area (Å²) < 4.78 is 38.1. The van der Waals surface area contributed by atoms with Crippen molar-refractivity contribution in [3.05, 3.63) is 84.4 Å². The number of anilines is 4. The van der Waals surface area contributed by atoms with E-state index in [0.717, 1.165) is 43.1 Å². The van der Waals surface area contributed by atoms with Crippen LogP contribution in [-0.4, -0.2) is 126 Å². The van der Waals surface area contributed by atoms with Gasteiger partial charge in [-0.15, -0.1) is 10.2 Å². The van der Waals surface area contributed by atoms with Gasteiger partial charge in [0.25, 0.3) is 5.92 Å². The molecule has 4 atom stereocenters. The quantitative estimate of drug-likeness (QED) is 0.183. The minimum absolute atomic E-state index is 0.0637. The molecule has 2 bridgehead atoms. The van der Waals surface area contributed by atoms with Crippen molar-refractivity contribution in [1.29, 1.82) is 0 Å². The average Bonchev–Trinajstić information content (AvgIpc) is 3.52. The van der Waals surface area contributed by atoms with Crippen LogP contribution >= 0.6 is 0 Å². The van der Waals surface area contributed by atoms with Gasteiger partial charge in [0.05, 0.1) is 30.4 Å². The van der Waals surface area contributed by atoms with Crippen molar-refractivity contribution in [3.8, 4) is 22.8 Å². The number of hydrogen-bond acceptors (Lipinski definition) is 12. The maximum atomic E-state index is 15.8. The minimum atomic E-state index is -3.06. The van der Waals surface area contributed by atoms with Crippen LogP contribution in [0.5, 0.6) is 11.5 Å². The number of rotatable bonds is 10. The van der Waals surface area contributed by atoms with E-state index in [4.69, 9.17) is 10.5 Å². The van der Waals surface area contributed by atoms with Crippen molar-refractivity contribution < 1.29 is 33.0 Å². The van der Waals surface area contributed by atoms with Crippen LogP contribution in [0.15, 0.2) is 78.9 Å². The molecule has 326 valence electrons. The normalized spacial score (nSPS) is 24.2. The molecule has 0 unspecified atom stereocenters. The lowest BCUT2D eigenvalue weighted by Gasteiger charge is -2.43. The van der Waals surface area contributed by atoms with E-state index >= 15 is 8.78 Å². The molecule has 0 spiro atoms. The van der Waals surface area contributed by atoms with Crippen molar-refractivity contribution in [3.63, 3.8) is 0 Å². The van der Waals surface area contributed by atoms with E-state index in [9.17, 15) is 19.5 Å². The number of hydrogen-bond donors (Lipinski definition) is 3. The number of nitrogens with two attached hydrogens (primary N) is 1. The Balaban J connectivity index is 0.761. The SMILES string of the molecule is CN(c1cccc([C@H]2CCN(CC(=O)N3CCC(Oc4cccc(N5[C@@H]6CC[C@H]5CN(c5cc(-c7ccccc7O)nnc5N)C6)c4)CC3)CC2(F)F)c1)[C@@H]1CCC(=O)NC1=O. The summed E-state index contributed by atoms with van der Waals surface area (Å²) in [4.78, 5) is 47.4. The first-order valence-electron chi connectivity index (χ1n) is 21.7. The second-order valence-electron chi connectivity index (χ2n) is 17.4. The zero-order valence-corrected chi connectivity index (χ0v) is 34.8. The van der Waals surface area contributed by atoms with Crippen molar-refractivity contribution in [2.24, 2.45) is 0 Å². The first kappa shape index (κ1) is 41.3. The molecule has 6 heterocycles. The van der Waals surface area contributed by atoms with Gasteiger partial charge in [-0.25, -0.2) is 8.78 Å². The third-order valence-corrected chi connectivity index (χ3v) is 13.4. The van der Waals surface area contributed by atoms with Crippen molar-refractivity contribution in [2.75, 3.05) is 73.3 Å². The van der Waals surface area contributed by atoms with Gasteiger partial charge in [0.1, 0.15) is 23.6 Å². The number of piperazine rings is 1. The number of phenols is 1. The molecule has 14 nitrogen and oxygen atoms in total. The Labute approximate surface area is 359 Å². The second kappa shape index (κ2) is 17.0. The van der Waals surface area contributed by atoms with Crippen molar-refractivity contribution in [2.45, 2.75) is 81.0 Å². The Morgan fingerprint density at radius 2 is 1.68 bits per heavy atom. The maximum Gasteiger partial charge on any atom is 0.267 e. The highest BCUT2D eigenvalue weighted by atomic mass is 19.3. The number of likely N-dealkylation sites (tertiary alicyclic amines) is 2. The number of imide groups is 1. The van der Waals surface area contributed by atoms with Crippen LogP contribution < -0.4 is 30.5 Å². The third kappa shape index (κ3) is 8.44. The summed E-state index contributed by atoms with van der Waals surface area (Å²) in [6.07, 6.45) is 4.08. The third-order valence-electron chi connectivity index (χ3n) is 13.4. The fraction of sp³-hybridized carbons (Fsp3) is 0.457. The lowest BCUT2D eigenvalue weighted by Crippen LogP contribution is -2.54. The number of phenolic OH excluding ortho intramolecular Hbond substituents is 1. The lowest BCUT2D eigenvalue weighted by molar-refractivity contribution is -0.138. The predicted octanol–water partition coefficient (Wildman–Crippen LogP) is 5.03. The standard InChI is InChI=1S/C46H53F2N9O5/c1-53(39-14-15-42(59)50-45(39)61)30-7-4-6-29(22-30)37-18-19-54(28-46(37,47)48)27-43(60)55-20-16-34(17-21-55)62-35-9-5-8-31(23-35)57-32-12-13-33(57)26-56(25-32)40-24-38(51-52-44(40)49)36-10-2-3-11-41(36)58/h2-11,22-24,32-34,37,39,58H,12-21,25-28H2,1H3,(H2,49,52)(H,50,59,61)/t32-,33+,37-,39-/m1/s1. The van der Waals surface area contributed by atoms with Gasteiger partial charge in [0.2, 0.25) is 17.7 Å². The molecule has 9 rings (SSSR count). The van der Waals surface area contributed by atoms with Gasteiger partial charge in [-0.3, -0.25) is 24.6 Å². The van der Waals surface area contributed by atoms with Gasteiger partial charge in [0, 0.05) is 87.6 Å². The summed E-state index contributed by atoms with van der Waals surface area (Å²) in [5.41, 5.74) is 10.6. The zero-order valence-electron chi connectivity index (χ0n) is 34.8. The number of aromatic hydroxyl groups is 1. The molecule has 5 aliphatic heterocycles. The van der Waals surface area contributed by atoms with Crippen LogP contribution in [-0.2, 0) is 14.4 Å². The molecule has 5 fully saturated rings. The van der Waals surface area contributed by atoms with Crippen LogP contribution in [0.3, 0.4) is 0 Å². The number of para-hydroxylation sites is 1. The summed E-state index contributed by atoms with van der Waals surface area (Å²) >= 11 is 0. The predicted molar refractivity (Wildman–Crippen MR) is 231 cm³/mol. The number of amides is 3. The van der Waals surface area contributed by atoms with E-state index in [1.54, 1.807) is 58.1 Å². The molecule has 5 saturated heterocycles. The summed E-state index contributed by atoms with van der Waals surface area (Å²) in [5, 5.41) is 21.3. The number of fused-ring (bicyclic) bond motifs is 2. The van der Waals surface area contributed by atoms with Gasteiger partial charge >= 0.3 is 0 Å². The highest BCUT2D eigenvalue weighted by molar-refractivity contribution is 6.01. The van der Waals surface area contributed by atoms with E-state index in [1.807, 2.05) is 30.3 Å². The lowest BCUT2D eigenvalue weighted by atomic mass is 9.85. The van der Waals surface area contributed by atoms with E-state index in [0.29, 0.717) is 67.2 Å². The first-order chi connectivity index (χ1) is 29.9. The summed E-state index contributed by atoms with van der Waals surface area (Å²) in [6, 6.07) is 24.1. The number of nitrogen functional groups attached to an aromatic ring is 1. The van der Waals surface area contributed by atoms with Crippen LogP contribution in [0.1, 0.15) is 56.4 Å². The minimum Gasteiger partial charge on any atom is -0.507 e. The van der Waals surface area contributed by atoms with E-state index in [1.165, 1.54) is 0 Å². The number of carbonyl (C=O) groups is 3. The second-order valence-corrected chi connectivity index (χ2v) is 17.4. The van der Waals surface area contributed by atoms with Crippen molar-refractivity contribution >= 4 is 40.6 Å². The molecule has 4 N–H and O–H groups in total. The molecule has 3 amide bonds. The van der Waals surface area contributed by atoms with E-state index < -0.39 is 24.4 Å². The van der Waals surface area contributed by atoms with Crippen molar-refractivity contribution in [1.82, 2.24) is 25.3 Å². The smallest absolute Gasteiger partial charge is 0.267 e. The van der Waals surface area contributed by atoms with Crippen LogP contribution in [0, 0.1) is 0 Å². The molecular weight excluding hydrogens is 797 g/mol. The summed E-state index contributed by atoms with van der Waals surface area (Å²) in [6.45, 7) is 2.30. The average molecular weight is 850 g/mol. The Bertz CT molecular complexity index is 2310. The molecule has 1 aromatic heterocycles. The fourth-order valence-electron chi connectivity index (χ4n) is 10.2. The van der Waals surface area contributed by atoms with Gasteiger partial charge < -0.3 is 35.2 Å². The zero-order chi connectivity index (χ0) is 43.1. The Hall–Kier alpha value is -6.03. The number of alkyl halides is 2. The molecule has 16 heteroatoms. The highest BCUT2D eigenvalue weighted by Gasteiger charge is 2.46. The summed E-state index contributed by atoms with van der Waals surface area (Å²) in [7, 11) is 1.74. The number of benzene rings is 3. The van der Waals surface area contributed by atoms with E-state index in [-0.39, 0.29) is 61.0 Å². The van der Waals surface area contributed by atoms with Gasteiger partial charge in [0.15, 0.2) is 5.82 Å². The topological polar surface area (TPSA) is 161 Å². The van der Waals surface area contributed by atoms with Gasteiger partial charge in [-0.2, -0.15) is 0 Å².